The van der Waals surface area contributed by atoms with Crippen molar-refractivity contribution >= 4 is 5.91 Å². The molecule has 132 valence electrons. The average molecular weight is 340 g/mol. The van der Waals surface area contributed by atoms with Crippen LogP contribution in [0.1, 0.15) is 35.3 Å². The second-order valence-electron chi connectivity index (χ2n) is 6.97. The number of piperidine rings is 1. The highest BCUT2D eigenvalue weighted by Gasteiger charge is 2.24. The zero-order valence-electron chi connectivity index (χ0n) is 14.6. The highest BCUT2D eigenvalue weighted by molar-refractivity contribution is 5.92. The van der Waals surface area contributed by atoms with Gasteiger partial charge in [-0.1, -0.05) is 6.07 Å². The van der Waals surface area contributed by atoms with E-state index in [1.807, 2.05) is 40.9 Å². The van der Waals surface area contributed by atoms with Crippen molar-refractivity contribution in [2.75, 3.05) is 19.9 Å². The first-order valence-electron chi connectivity index (χ1n) is 9.00. The summed E-state index contributed by atoms with van der Waals surface area (Å²) >= 11 is 0. The summed E-state index contributed by atoms with van der Waals surface area (Å²) < 4.78 is 12.7. The molecule has 2 aliphatic rings. The van der Waals surface area contributed by atoms with Crippen molar-refractivity contribution in [2.45, 2.75) is 25.7 Å². The molecule has 1 saturated heterocycles. The number of carbonyl (C=O) groups is 1. The van der Waals surface area contributed by atoms with Gasteiger partial charge < -0.3 is 18.9 Å². The van der Waals surface area contributed by atoms with Gasteiger partial charge in [0.05, 0.1) is 0 Å². The van der Waals surface area contributed by atoms with Crippen LogP contribution in [0.5, 0.6) is 11.5 Å². The molecule has 1 amide bonds. The first kappa shape index (κ1) is 16.1. The fraction of sp³-hybridized carbons (Fsp3) is 0.450. The molecule has 0 aliphatic carbocycles. The number of carbonyl (C=O) groups excluding carboxylic acids is 1. The second kappa shape index (κ2) is 6.82. The summed E-state index contributed by atoms with van der Waals surface area (Å²) in [7, 11) is 1.92. The first-order valence-corrected chi connectivity index (χ1v) is 9.00. The minimum Gasteiger partial charge on any atom is -0.454 e. The van der Waals surface area contributed by atoms with Crippen LogP contribution in [-0.4, -0.2) is 35.3 Å². The maximum atomic E-state index is 12.6. The molecule has 3 heterocycles. The van der Waals surface area contributed by atoms with Crippen molar-refractivity contribution in [3.63, 3.8) is 0 Å². The molecular formula is C20H24N2O3. The Morgan fingerprint density at radius 3 is 2.72 bits per heavy atom. The maximum absolute atomic E-state index is 12.6. The number of aromatic nitrogens is 1. The van der Waals surface area contributed by atoms with Crippen LogP contribution in [0.3, 0.4) is 0 Å². The van der Waals surface area contributed by atoms with Crippen molar-refractivity contribution in [3.05, 3.63) is 47.8 Å². The molecule has 1 aromatic heterocycles. The van der Waals surface area contributed by atoms with Gasteiger partial charge >= 0.3 is 0 Å². The predicted molar refractivity (Wildman–Crippen MR) is 94.9 cm³/mol. The Balaban J connectivity index is 1.28. The number of ether oxygens (including phenoxy) is 2. The smallest absolute Gasteiger partial charge is 0.270 e. The molecule has 2 aliphatic heterocycles. The van der Waals surface area contributed by atoms with Crippen LogP contribution >= 0.6 is 0 Å². The van der Waals surface area contributed by atoms with Crippen molar-refractivity contribution < 1.29 is 14.3 Å². The molecule has 1 fully saturated rings. The lowest BCUT2D eigenvalue weighted by atomic mass is 9.90. The third-order valence-corrected chi connectivity index (χ3v) is 5.34. The molecule has 4 rings (SSSR count). The van der Waals surface area contributed by atoms with Gasteiger partial charge in [0.25, 0.3) is 5.91 Å². The maximum Gasteiger partial charge on any atom is 0.270 e. The van der Waals surface area contributed by atoms with E-state index >= 15 is 0 Å². The van der Waals surface area contributed by atoms with Crippen molar-refractivity contribution in [2.24, 2.45) is 13.0 Å². The van der Waals surface area contributed by atoms with Crippen LogP contribution in [0.15, 0.2) is 36.5 Å². The summed E-state index contributed by atoms with van der Waals surface area (Å²) in [6.45, 7) is 2.04. The highest BCUT2D eigenvalue weighted by Crippen LogP contribution is 2.33. The second-order valence-corrected chi connectivity index (χ2v) is 6.97. The third kappa shape index (κ3) is 3.36. The van der Waals surface area contributed by atoms with E-state index in [2.05, 4.69) is 12.1 Å². The van der Waals surface area contributed by atoms with Gasteiger partial charge in [-0.25, -0.2) is 0 Å². The number of benzene rings is 1. The summed E-state index contributed by atoms with van der Waals surface area (Å²) in [6, 6.07) is 10.0. The molecule has 0 saturated carbocycles. The Bertz CT molecular complexity index is 760. The monoisotopic (exact) mass is 340 g/mol. The lowest BCUT2D eigenvalue weighted by molar-refractivity contribution is 0.0677. The first-order chi connectivity index (χ1) is 12.2. The molecular weight excluding hydrogens is 316 g/mol. The van der Waals surface area contributed by atoms with Crippen molar-refractivity contribution in [3.8, 4) is 11.5 Å². The molecule has 1 aromatic carbocycles. The molecule has 0 bridgehead atoms. The molecule has 0 N–H and O–H groups in total. The summed E-state index contributed by atoms with van der Waals surface area (Å²) in [5, 5.41) is 0. The number of hydrogen-bond acceptors (Lipinski definition) is 3. The molecule has 0 atom stereocenters. The minimum atomic E-state index is 0.154. The summed E-state index contributed by atoms with van der Waals surface area (Å²) in [4.78, 5) is 14.5. The largest absolute Gasteiger partial charge is 0.454 e. The van der Waals surface area contributed by atoms with E-state index in [9.17, 15) is 4.79 Å². The molecule has 0 spiro atoms. The quantitative estimate of drug-likeness (QED) is 0.858. The number of fused-ring (bicyclic) bond motifs is 1. The van der Waals surface area contributed by atoms with Crippen LogP contribution in [-0.2, 0) is 13.5 Å². The van der Waals surface area contributed by atoms with Gasteiger partial charge in [0.2, 0.25) is 6.79 Å². The zero-order chi connectivity index (χ0) is 17.2. The molecule has 5 heteroatoms. The van der Waals surface area contributed by atoms with E-state index < -0.39 is 0 Å². The molecule has 5 nitrogen and oxygen atoms in total. The van der Waals surface area contributed by atoms with E-state index in [0.717, 1.165) is 56.0 Å². The fourth-order valence-corrected chi connectivity index (χ4v) is 3.74. The lowest BCUT2D eigenvalue weighted by Crippen LogP contribution is -2.39. The number of nitrogens with zero attached hydrogens (tertiary/aromatic N) is 2. The van der Waals surface area contributed by atoms with Crippen LogP contribution in [0, 0.1) is 5.92 Å². The Kier molecular flexibility index (Phi) is 4.38. The Morgan fingerprint density at radius 2 is 1.96 bits per heavy atom. The molecule has 25 heavy (non-hydrogen) atoms. The molecule has 2 aromatic rings. The van der Waals surface area contributed by atoms with Gasteiger partial charge in [0.15, 0.2) is 11.5 Å². The van der Waals surface area contributed by atoms with Crippen LogP contribution in [0.4, 0.5) is 0 Å². The Hall–Kier alpha value is -2.43. The van der Waals surface area contributed by atoms with E-state index in [1.54, 1.807) is 0 Å². The number of amides is 1. The van der Waals surface area contributed by atoms with Crippen LogP contribution in [0.2, 0.25) is 0 Å². The van der Waals surface area contributed by atoms with E-state index in [1.165, 1.54) is 5.56 Å². The van der Waals surface area contributed by atoms with E-state index in [4.69, 9.17) is 9.47 Å². The van der Waals surface area contributed by atoms with E-state index in [0.29, 0.717) is 12.7 Å². The SMILES string of the molecule is Cn1cccc1C(=O)N1CCC(CCc2ccc3c(c2)OCO3)CC1. The topological polar surface area (TPSA) is 43.7 Å². The van der Waals surface area contributed by atoms with Gasteiger partial charge in [0, 0.05) is 26.3 Å². The van der Waals surface area contributed by atoms with Crippen molar-refractivity contribution in [1.29, 1.82) is 0 Å². The van der Waals surface area contributed by atoms with Crippen LogP contribution in [0.25, 0.3) is 0 Å². The summed E-state index contributed by atoms with van der Waals surface area (Å²) in [5.74, 6) is 2.54. The van der Waals surface area contributed by atoms with Gasteiger partial charge in [-0.2, -0.15) is 0 Å². The van der Waals surface area contributed by atoms with E-state index in [-0.39, 0.29) is 5.91 Å². The number of aryl methyl sites for hydroxylation is 2. The Labute approximate surface area is 148 Å². The van der Waals surface area contributed by atoms with Gasteiger partial charge in [0.1, 0.15) is 5.69 Å². The third-order valence-electron chi connectivity index (χ3n) is 5.34. The van der Waals surface area contributed by atoms with Crippen molar-refractivity contribution in [1.82, 2.24) is 9.47 Å². The van der Waals surface area contributed by atoms with Crippen LogP contribution < -0.4 is 9.47 Å². The standard InChI is InChI=1S/C20H24N2O3/c1-21-10-2-3-17(21)20(23)22-11-8-15(9-12-22)4-5-16-6-7-18-19(13-16)25-14-24-18/h2-3,6-7,10,13,15H,4-5,8-9,11-12,14H2,1H3. The fourth-order valence-electron chi connectivity index (χ4n) is 3.74. The minimum absolute atomic E-state index is 0.154. The summed E-state index contributed by atoms with van der Waals surface area (Å²) in [5.41, 5.74) is 2.07. The molecule has 0 unspecified atom stereocenters. The number of hydrogen-bond donors (Lipinski definition) is 0. The van der Waals surface area contributed by atoms with Gasteiger partial charge in [-0.3, -0.25) is 4.79 Å². The molecule has 0 radical (unpaired) electrons. The number of rotatable bonds is 4. The predicted octanol–water partition coefficient (Wildman–Crippen LogP) is 3.24. The Morgan fingerprint density at radius 1 is 1.16 bits per heavy atom. The summed E-state index contributed by atoms with van der Waals surface area (Å²) in [6.07, 6.45) is 6.30. The number of likely N-dealkylation sites (tertiary alicyclic amines) is 1. The highest BCUT2D eigenvalue weighted by atomic mass is 16.7. The normalized spacial score (nSPS) is 17.1. The zero-order valence-corrected chi connectivity index (χ0v) is 14.6. The average Bonchev–Trinajstić information content (AvgIpc) is 3.28. The van der Waals surface area contributed by atoms with Gasteiger partial charge in [-0.05, 0) is 61.4 Å². The van der Waals surface area contributed by atoms with Gasteiger partial charge in [-0.15, -0.1) is 0 Å². The lowest BCUT2D eigenvalue weighted by Gasteiger charge is -2.32.